The number of aromatic amines is 2. The van der Waals surface area contributed by atoms with Gasteiger partial charge >= 0.3 is 0 Å². The molecule has 0 atom stereocenters. The standard InChI is InChI=1S/C26H34N8O2/c1-26(2)9-6-20-23(14-26)30-31-25(20)22-12-17-4-5-18(13-21(17)29-22)34(16-28-32-27)24(35)15-33-10-7-19(36-3)8-11-33/h4-5,12-13,19,29H,6-11,14-16H2,1-3H3,(H,30,31). The highest BCUT2D eigenvalue weighted by molar-refractivity contribution is 5.97. The number of hydrogen-bond acceptors (Lipinski definition) is 5. The third kappa shape index (κ3) is 4.97. The van der Waals surface area contributed by atoms with E-state index in [0.717, 1.165) is 67.5 Å². The van der Waals surface area contributed by atoms with Gasteiger partial charge in [0.1, 0.15) is 12.4 Å². The number of nitrogens with zero attached hydrogens (tertiary/aromatic N) is 6. The lowest BCUT2D eigenvalue weighted by Gasteiger charge is -2.32. The van der Waals surface area contributed by atoms with Crippen molar-refractivity contribution in [2.45, 2.75) is 52.1 Å². The average Bonchev–Trinajstić information content (AvgIpc) is 3.47. The summed E-state index contributed by atoms with van der Waals surface area (Å²) in [4.78, 5) is 23.3. The molecule has 190 valence electrons. The van der Waals surface area contributed by atoms with Crippen LogP contribution in [-0.2, 0) is 22.4 Å². The van der Waals surface area contributed by atoms with Crippen LogP contribution >= 0.6 is 0 Å². The molecule has 0 radical (unpaired) electrons. The lowest BCUT2D eigenvalue weighted by molar-refractivity contribution is -0.120. The van der Waals surface area contributed by atoms with Crippen molar-refractivity contribution in [1.82, 2.24) is 20.1 Å². The van der Waals surface area contributed by atoms with Crippen LogP contribution in [-0.4, -0.2) is 65.5 Å². The smallest absolute Gasteiger partial charge is 0.241 e. The number of piperidine rings is 1. The zero-order valence-corrected chi connectivity index (χ0v) is 21.3. The van der Waals surface area contributed by atoms with Gasteiger partial charge in [0, 0.05) is 53.0 Å². The second-order valence-corrected chi connectivity index (χ2v) is 10.7. The normalized spacial score (nSPS) is 18.1. The summed E-state index contributed by atoms with van der Waals surface area (Å²) in [7, 11) is 1.73. The van der Waals surface area contributed by atoms with Gasteiger partial charge in [0.2, 0.25) is 5.91 Å². The molecular weight excluding hydrogens is 456 g/mol. The van der Waals surface area contributed by atoms with E-state index < -0.39 is 0 Å². The molecule has 3 aromatic rings. The highest BCUT2D eigenvalue weighted by Crippen LogP contribution is 2.38. The van der Waals surface area contributed by atoms with E-state index in [0.29, 0.717) is 5.69 Å². The summed E-state index contributed by atoms with van der Waals surface area (Å²) >= 11 is 0. The zero-order chi connectivity index (χ0) is 25.3. The zero-order valence-electron chi connectivity index (χ0n) is 21.3. The van der Waals surface area contributed by atoms with Crippen LogP contribution < -0.4 is 4.90 Å². The fraction of sp³-hybridized carbons (Fsp3) is 0.538. The molecule has 36 heavy (non-hydrogen) atoms. The number of nitrogens with one attached hydrogen (secondary N) is 2. The molecule has 2 N–H and O–H groups in total. The quantitative estimate of drug-likeness (QED) is 0.281. The molecule has 1 aliphatic heterocycles. The van der Waals surface area contributed by atoms with Crippen LogP contribution in [0, 0.1) is 5.41 Å². The summed E-state index contributed by atoms with van der Waals surface area (Å²) in [6, 6.07) is 7.95. The Morgan fingerprint density at radius 1 is 1.33 bits per heavy atom. The monoisotopic (exact) mass is 490 g/mol. The Morgan fingerprint density at radius 2 is 2.14 bits per heavy atom. The maximum atomic E-state index is 13.3. The van der Waals surface area contributed by atoms with E-state index in [1.807, 2.05) is 18.2 Å². The molecule has 0 bridgehead atoms. The highest BCUT2D eigenvalue weighted by atomic mass is 16.5. The fourth-order valence-electron chi connectivity index (χ4n) is 5.46. The average molecular weight is 491 g/mol. The second kappa shape index (κ2) is 9.97. The Kier molecular flexibility index (Phi) is 6.75. The number of azide groups is 1. The molecule has 0 spiro atoms. The van der Waals surface area contributed by atoms with Crippen LogP contribution in [0.4, 0.5) is 5.69 Å². The summed E-state index contributed by atoms with van der Waals surface area (Å²) in [5, 5.41) is 12.6. The molecule has 1 fully saturated rings. The third-order valence-electron chi connectivity index (χ3n) is 7.63. The van der Waals surface area contributed by atoms with Gasteiger partial charge in [-0.05, 0) is 61.2 Å². The number of aromatic nitrogens is 3. The maximum Gasteiger partial charge on any atom is 0.241 e. The Balaban J connectivity index is 1.38. The summed E-state index contributed by atoms with van der Waals surface area (Å²) in [6.45, 7) is 6.44. The van der Waals surface area contributed by atoms with E-state index in [4.69, 9.17) is 10.3 Å². The maximum absolute atomic E-state index is 13.3. The van der Waals surface area contributed by atoms with E-state index in [1.54, 1.807) is 12.0 Å². The van der Waals surface area contributed by atoms with Gasteiger partial charge in [0.05, 0.1) is 18.3 Å². The van der Waals surface area contributed by atoms with Crippen molar-refractivity contribution in [1.29, 1.82) is 0 Å². The van der Waals surface area contributed by atoms with Crippen LogP contribution in [0.1, 0.15) is 44.4 Å². The summed E-state index contributed by atoms with van der Waals surface area (Å²) in [6.07, 6.45) is 5.21. The molecule has 3 heterocycles. The Labute approximate surface area is 210 Å². The fourth-order valence-corrected chi connectivity index (χ4v) is 5.46. The number of amides is 1. The van der Waals surface area contributed by atoms with Crippen molar-refractivity contribution in [3.05, 3.63) is 46.0 Å². The molecule has 2 aliphatic rings. The number of carbonyl (C=O) groups is 1. The van der Waals surface area contributed by atoms with E-state index >= 15 is 0 Å². The molecule has 5 rings (SSSR count). The van der Waals surface area contributed by atoms with Gasteiger partial charge in [-0.3, -0.25) is 14.8 Å². The predicted molar refractivity (Wildman–Crippen MR) is 140 cm³/mol. The lowest BCUT2D eigenvalue weighted by atomic mass is 9.76. The molecule has 1 aliphatic carbocycles. The van der Waals surface area contributed by atoms with E-state index in [9.17, 15) is 4.79 Å². The van der Waals surface area contributed by atoms with Crippen LogP contribution in [0.3, 0.4) is 0 Å². The van der Waals surface area contributed by atoms with Crippen molar-refractivity contribution in [3.8, 4) is 11.4 Å². The predicted octanol–water partition coefficient (Wildman–Crippen LogP) is 4.78. The number of anilines is 1. The minimum atomic E-state index is -0.0895. The number of carbonyl (C=O) groups excluding carboxylic acids is 1. The number of H-pyrrole nitrogens is 2. The summed E-state index contributed by atoms with van der Waals surface area (Å²) < 4.78 is 5.44. The van der Waals surface area contributed by atoms with Crippen molar-refractivity contribution >= 4 is 22.5 Å². The molecule has 0 saturated carbocycles. The number of likely N-dealkylation sites (tertiary alicyclic amines) is 1. The van der Waals surface area contributed by atoms with Gasteiger partial charge in [-0.1, -0.05) is 25.0 Å². The number of rotatable bonds is 7. The number of hydrogen-bond donors (Lipinski definition) is 2. The Hall–Kier alpha value is -3.33. The molecule has 1 amide bonds. The Morgan fingerprint density at radius 3 is 2.89 bits per heavy atom. The lowest BCUT2D eigenvalue weighted by Crippen LogP contribution is -2.44. The molecule has 1 saturated heterocycles. The van der Waals surface area contributed by atoms with Crippen molar-refractivity contribution in [2.24, 2.45) is 10.5 Å². The molecular formula is C26H34N8O2. The van der Waals surface area contributed by atoms with Crippen molar-refractivity contribution in [3.63, 3.8) is 0 Å². The number of methoxy groups -OCH3 is 1. The first-order valence-electron chi connectivity index (χ1n) is 12.6. The number of benzene rings is 1. The van der Waals surface area contributed by atoms with Crippen LogP contribution in [0.2, 0.25) is 0 Å². The number of fused-ring (bicyclic) bond motifs is 2. The minimum Gasteiger partial charge on any atom is -0.381 e. The van der Waals surface area contributed by atoms with E-state index in [2.05, 4.69) is 50.0 Å². The van der Waals surface area contributed by atoms with E-state index in [-0.39, 0.29) is 30.6 Å². The SMILES string of the molecule is COC1CCN(CC(=O)N(CN=[N+]=[N-])c2ccc3cc(-c4n[nH]c5c4CCC(C)(C)C5)[nH]c3c2)CC1. The molecule has 10 nitrogen and oxygen atoms in total. The largest absolute Gasteiger partial charge is 0.381 e. The van der Waals surface area contributed by atoms with Gasteiger partial charge in [-0.2, -0.15) is 5.10 Å². The first-order valence-corrected chi connectivity index (χ1v) is 12.6. The summed E-state index contributed by atoms with van der Waals surface area (Å²) in [5.74, 6) is -0.0895. The third-order valence-corrected chi connectivity index (χ3v) is 7.63. The van der Waals surface area contributed by atoms with Crippen LogP contribution in [0.25, 0.3) is 32.7 Å². The van der Waals surface area contributed by atoms with Crippen LogP contribution in [0.15, 0.2) is 29.4 Å². The molecule has 2 aromatic heterocycles. The van der Waals surface area contributed by atoms with Crippen molar-refractivity contribution < 1.29 is 9.53 Å². The van der Waals surface area contributed by atoms with Gasteiger partial charge in [-0.25, -0.2) is 0 Å². The van der Waals surface area contributed by atoms with Gasteiger partial charge in [0.15, 0.2) is 0 Å². The molecule has 0 unspecified atom stereocenters. The van der Waals surface area contributed by atoms with Crippen molar-refractivity contribution in [2.75, 3.05) is 38.3 Å². The van der Waals surface area contributed by atoms with E-state index in [1.165, 1.54) is 11.3 Å². The molecule has 10 heteroatoms. The van der Waals surface area contributed by atoms with Crippen LogP contribution in [0.5, 0.6) is 0 Å². The summed E-state index contributed by atoms with van der Waals surface area (Å²) in [5.41, 5.74) is 15.3. The first-order chi connectivity index (χ1) is 17.4. The second-order valence-electron chi connectivity index (χ2n) is 10.7. The molecule has 1 aromatic carbocycles. The highest BCUT2D eigenvalue weighted by Gasteiger charge is 2.29. The minimum absolute atomic E-state index is 0.0500. The number of ether oxygens (including phenoxy) is 1. The Bertz CT molecular complexity index is 1290. The first kappa shape index (κ1) is 24.4. The van der Waals surface area contributed by atoms with Gasteiger partial charge in [0.25, 0.3) is 0 Å². The van der Waals surface area contributed by atoms with Gasteiger partial charge in [-0.15, -0.1) is 0 Å². The topological polar surface area (TPSA) is 126 Å². The van der Waals surface area contributed by atoms with Gasteiger partial charge < -0.3 is 14.6 Å².